The van der Waals surface area contributed by atoms with Crippen LogP contribution in [0.15, 0.2) is 27.8 Å². The van der Waals surface area contributed by atoms with Crippen LogP contribution >= 0.6 is 24.0 Å². The van der Waals surface area contributed by atoms with Gasteiger partial charge in [-0.2, -0.15) is 0 Å². The lowest BCUT2D eigenvalue weighted by Crippen LogP contribution is -2.41. The summed E-state index contributed by atoms with van der Waals surface area (Å²) in [5.74, 6) is 2.47. The maximum absolute atomic E-state index is 5.67. The summed E-state index contributed by atoms with van der Waals surface area (Å²) in [6.07, 6.45) is 3.67. The molecule has 26 heavy (non-hydrogen) atoms. The molecule has 2 rings (SSSR count). The molecule has 0 spiro atoms. The van der Waals surface area contributed by atoms with Gasteiger partial charge in [0.2, 0.25) is 0 Å². The number of aliphatic imine (C=N–C) groups is 1. The summed E-state index contributed by atoms with van der Waals surface area (Å²) in [7, 11) is 3.39. The fraction of sp³-hybridized carbons (Fsp3) is 0.722. The number of likely N-dealkylation sites (tertiary alicyclic amines) is 1. The number of guanidine groups is 1. The van der Waals surface area contributed by atoms with E-state index in [0.717, 1.165) is 50.8 Å². The van der Waals surface area contributed by atoms with Crippen molar-refractivity contribution in [2.45, 2.75) is 12.8 Å². The molecule has 8 heteroatoms. The Hall–Kier alpha value is -0.840. The van der Waals surface area contributed by atoms with Gasteiger partial charge in [-0.25, -0.2) is 0 Å². The Kier molecular flexibility index (Phi) is 12.7. The van der Waals surface area contributed by atoms with Crippen LogP contribution in [0.2, 0.25) is 0 Å². The van der Waals surface area contributed by atoms with Gasteiger partial charge >= 0.3 is 0 Å². The molecule has 1 fully saturated rings. The molecule has 0 saturated carbocycles. The maximum Gasteiger partial charge on any atom is 0.194 e. The second-order valence-corrected chi connectivity index (χ2v) is 6.12. The molecule has 0 bridgehead atoms. The Labute approximate surface area is 173 Å². The van der Waals surface area contributed by atoms with E-state index in [4.69, 9.17) is 18.6 Å². The lowest BCUT2D eigenvalue weighted by atomic mass is 10.1. The van der Waals surface area contributed by atoms with Gasteiger partial charge in [-0.05, 0) is 18.6 Å². The fourth-order valence-electron chi connectivity index (χ4n) is 2.82. The number of ether oxygens (including phenoxy) is 3. The number of methoxy groups -OCH3 is 2. The van der Waals surface area contributed by atoms with Crippen molar-refractivity contribution >= 4 is 29.9 Å². The first-order valence-electron chi connectivity index (χ1n) is 8.94. The molecular weight excluding hydrogens is 449 g/mol. The Morgan fingerprint density at radius 2 is 2.15 bits per heavy atom. The summed E-state index contributed by atoms with van der Waals surface area (Å²) < 4.78 is 21.2. The topological polar surface area (TPSA) is 68.5 Å². The summed E-state index contributed by atoms with van der Waals surface area (Å²) in [4.78, 5) is 6.98. The number of hydrogen-bond donors (Lipinski definition) is 1. The fourth-order valence-corrected chi connectivity index (χ4v) is 2.82. The highest BCUT2D eigenvalue weighted by atomic mass is 127. The first-order chi connectivity index (χ1) is 12.3. The molecule has 0 aromatic carbocycles. The molecule has 1 aliphatic heterocycles. The van der Waals surface area contributed by atoms with Gasteiger partial charge in [-0.1, -0.05) is 0 Å². The van der Waals surface area contributed by atoms with Crippen LogP contribution < -0.4 is 5.32 Å². The Bertz CT molecular complexity index is 485. The molecule has 1 aliphatic rings. The monoisotopic (exact) mass is 481 g/mol. The normalized spacial score (nSPS) is 17.4. The van der Waals surface area contributed by atoms with Gasteiger partial charge in [0.25, 0.3) is 0 Å². The second kappa shape index (κ2) is 14.2. The van der Waals surface area contributed by atoms with Crippen LogP contribution in [0.5, 0.6) is 0 Å². The SMILES string of the molecule is COCCN=C(NCCc1ccco1)N1CCC(COCCOC)C1.I. The third kappa shape index (κ3) is 8.70. The minimum absolute atomic E-state index is 0. The Morgan fingerprint density at radius 3 is 2.88 bits per heavy atom. The number of furan rings is 1. The minimum atomic E-state index is 0. The van der Waals surface area contributed by atoms with Gasteiger partial charge < -0.3 is 28.8 Å². The molecule has 7 nitrogen and oxygen atoms in total. The molecule has 1 unspecified atom stereocenters. The van der Waals surface area contributed by atoms with Gasteiger partial charge in [0, 0.05) is 46.2 Å². The van der Waals surface area contributed by atoms with Crippen molar-refractivity contribution in [3.05, 3.63) is 24.2 Å². The smallest absolute Gasteiger partial charge is 0.194 e. The molecule has 1 N–H and O–H groups in total. The molecule has 1 aromatic heterocycles. The summed E-state index contributed by atoms with van der Waals surface area (Å²) in [6, 6.07) is 3.91. The zero-order valence-corrected chi connectivity index (χ0v) is 18.1. The van der Waals surface area contributed by atoms with Crippen molar-refractivity contribution in [3.8, 4) is 0 Å². The molecule has 1 atom stereocenters. The molecule has 2 heterocycles. The number of hydrogen-bond acceptors (Lipinski definition) is 5. The first-order valence-corrected chi connectivity index (χ1v) is 8.94. The largest absolute Gasteiger partial charge is 0.469 e. The van der Waals surface area contributed by atoms with E-state index in [-0.39, 0.29) is 24.0 Å². The van der Waals surface area contributed by atoms with Crippen LogP contribution in [-0.2, 0) is 20.6 Å². The highest BCUT2D eigenvalue weighted by Gasteiger charge is 2.25. The van der Waals surface area contributed by atoms with Crippen LogP contribution in [-0.4, -0.2) is 77.7 Å². The van der Waals surface area contributed by atoms with Crippen molar-refractivity contribution in [3.63, 3.8) is 0 Å². The van der Waals surface area contributed by atoms with E-state index in [1.54, 1.807) is 20.5 Å². The van der Waals surface area contributed by atoms with Crippen LogP contribution in [0.25, 0.3) is 0 Å². The summed E-state index contributed by atoms with van der Waals surface area (Å²) >= 11 is 0. The first kappa shape index (κ1) is 23.2. The molecular formula is C18H32IN3O4. The molecule has 0 aliphatic carbocycles. The van der Waals surface area contributed by atoms with Crippen molar-refractivity contribution in [2.75, 3.05) is 66.8 Å². The van der Waals surface area contributed by atoms with E-state index < -0.39 is 0 Å². The second-order valence-electron chi connectivity index (χ2n) is 6.12. The van der Waals surface area contributed by atoms with Crippen molar-refractivity contribution < 1.29 is 18.6 Å². The van der Waals surface area contributed by atoms with Crippen molar-refractivity contribution in [1.29, 1.82) is 0 Å². The third-order valence-electron chi connectivity index (χ3n) is 4.16. The summed E-state index contributed by atoms with van der Waals surface area (Å²) in [5, 5.41) is 3.46. The molecule has 150 valence electrons. The van der Waals surface area contributed by atoms with Crippen LogP contribution in [0.1, 0.15) is 12.2 Å². The van der Waals surface area contributed by atoms with Crippen molar-refractivity contribution in [2.24, 2.45) is 10.9 Å². The zero-order chi connectivity index (χ0) is 17.7. The predicted molar refractivity (Wildman–Crippen MR) is 112 cm³/mol. The van der Waals surface area contributed by atoms with Crippen LogP contribution in [0.3, 0.4) is 0 Å². The lowest BCUT2D eigenvalue weighted by Gasteiger charge is -2.22. The van der Waals surface area contributed by atoms with E-state index in [1.165, 1.54) is 0 Å². The highest BCUT2D eigenvalue weighted by molar-refractivity contribution is 14.0. The third-order valence-corrected chi connectivity index (χ3v) is 4.16. The standard InChI is InChI=1S/C18H31N3O4.HI/c1-22-11-8-20-18(19-7-5-17-4-3-10-25-17)21-9-6-16(14-21)15-24-13-12-23-2;/h3-4,10,16H,5-9,11-15H2,1-2H3,(H,19,20);1H. The van der Waals surface area contributed by atoms with Gasteiger partial charge in [0.15, 0.2) is 5.96 Å². The van der Waals surface area contributed by atoms with Gasteiger partial charge in [-0.3, -0.25) is 4.99 Å². The summed E-state index contributed by atoms with van der Waals surface area (Å²) in [6.45, 7) is 6.12. The average Bonchev–Trinajstić information content (AvgIpc) is 3.29. The average molecular weight is 481 g/mol. The maximum atomic E-state index is 5.67. The Balaban J connectivity index is 0.00000338. The molecule has 0 radical (unpaired) electrons. The van der Waals surface area contributed by atoms with E-state index in [0.29, 0.717) is 32.3 Å². The number of nitrogens with zero attached hydrogens (tertiary/aromatic N) is 2. The minimum Gasteiger partial charge on any atom is -0.469 e. The quantitative estimate of drug-likeness (QED) is 0.226. The van der Waals surface area contributed by atoms with Gasteiger partial charge in [-0.15, -0.1) is 24.0 Å². The number of nitrogens with one attached hydrogen (secondary N) is 1. The van der Waals surface area contributed by atoms with Gasteiger partial charge in [0.05, 0.1) is 39.2 Å². The lowest BCUT2D eigenvalue weighted by molar-refractivity contribution is 0.0536. The van der Waals surface area contributed by atoms with Gasteiger partial charge in [0.1, 0.15) is 5.76 Å². The Morgan fingerprint density at radius 1 is 1.31 bits per heavy atom. The zero-order valence-electron chi connectivity index (χ0n) is 15.8. The van der Waals surface area contributed by atoms with Crippen molar-refractivity contribution in [1.82, 2.24) is 10.2 Å². The van der Waals surface area contributed by atoms with Crippen LogP contribution in [0.4, 0.5) is 0 Å². The predicted octanol–water partition coefficient (Wildman–Crippen LogP) is 2.02. The van der Waals surface area contributed by atoms with E-state index in [9.17, 15) is 0 Å². The highest BCUT2D eigenvalue weighted by Crippen LogP contribution is 2.16. The number of rotatable bonds is 11. The van der Waals surface area contributed by atoms with Crippen LogP contribution in [0, 0.1) is 5.92 Å². The van der Waals surface area contributed by atoms with E-state index >= 15 is 0 Å². The molecule has 0 amide bonds. The summed E-state index contributed by atoms with van der Waals surface area (Å²) in [5.41, 5.74) is 0. The van der Waals surface area contributed by atoms with E-state index in [1.807, 2.05) is 12.1 Å². The molecule has 1 saturated heterocycles. The molecule has 1 aromatic rings. The van der Waals surface area contributed by atoms with E-state index in [2.05, 4.69) is 15.2 Å². The number of halogens is 1.